The topological polar surface area (TPSA) is 41.1 Å². The Labute approximate surface area is 110 Å². The fourth-order valence-electron chi connectivity index (χ4n) is 1.65. The van der Waals surface area contributed by atoms with Crippen LogP contribution in [0.5, 0.6) is 0 Å². The number of nitrogens with one attached hydrogen (secondary N) is 2. The Hall–Kier alpha value is -1.35. The van der Waals surface area contributed by atoms with Gasteiger partial charge < -0.3 is 10.6 Å². The largest absolute Gasteiger partial charge is 0.325 e. The maximum Gasteiger partial charge on any atom is 0.238 e. The van der Waals surface area contributed by atoms with Crippen molar-refractivity contribution in [3.63, 3.8) is 0 Å². The molecule has 0 unspecified atom stereocenters. The SMILES string of the molecule is CC(C)c1ccccc1NC(=O)CNC(C)(C)C. The molecule has 1 rings (SSSR count). The van der Waals surface area contributed by atoms with Gasteiger partial charge in [-0.1, -0.05) is 32.0 Å². The number of carbonyl (C=O) groups excluding carboxylic acids is 1. The zero-order chi connectivity index (χ0) is 13.8. The van der Waals surface area contributed by atoms with E-state index in [1.165, 1.54) is 5.56 Å². The minimum atomic E-state index is -0.0467. The number of rotatable bonds is 4. The first-order chi connectivity index (χ1) is 8.29. The Kier molecular flexibility index (Phi) is 4.91. The van der Waals surface area contributed by atoms with Crippen molar-refractivity contribution in [2.45, 2.75) is 46.1 Å². The highest BCUT2D eigenvalue weighted by Crippen LogP contribution is 2.23. The van der Waals surface area contributed by atoms with E-state index in [1.54, 1.807) is 0 Å². The third-order valence-electron chi connectivity index (χ3n) is 2.64. The number of hydrogen-bond acceptors (Lipinski definition) is 2. The summed E-state index contributed by atoms with van der Waals surface area (Å²) in [6.07, 6.45) is 0. The molecule has 0 fully saturated rings. The summed E-state index contributed by atoms with van der Waals surface area (Å²) >= 11 is 0. The second-order valence-electron chi connectivity index (χ2n) is 5.89. The zero-order valence-corrected chi connectivity index (χ0v) is 12.0. The predicted octanol–water partition coefficient (Wildman–Crippen LogP) is 3.14. The minimum absolute atomic E-state index is 0.00183. The molecule has 1 amide bonds. The highest BCUT2D eigenvalue weighted by Gasteiger charge is 2.13. The van der Waals surface area contributed by atoms with Gasteiger partial charge in [0, 0.05) is 11.2 Å². The lowest BCUT2D eigenvalue weighted by atomic mass is 10.0. The van der Waals surface area contributed by atoms with Crippen LogP contribution in [-0.2, 0) is 4.79 Å². The Bertz CT molecular complexity index is 405. The van der Waals surface area contributed by atoms with Gasteiger partial charge in [-0.05, 0) is 38.3 Å². The molecule has 1 aromatic rings. The van der Waals surface area contributed by atoms with Crippen LogP contribution in [0.1, 0.15) is 46.1 Å². The maximum atomic E-state index is 11.9. The number of anilines is 1. The molecular formula is C15H24N2O. The van der Waals surface area contributed by atoms with E-state index in [0.717, 1.165) is 5.69 Å². The Morgan fingerprint density at radius 1 is 1.22 bits per heavy atom. The summed E-state index contributed by atoms with van der Waals surface area (Å²) in [7, 11) is 0. The summed E-state index contributed by atoms with van der Waals surface area (Å²) in [4.78, 5) is 11.9. The van der Waals surface area contributed by atoms with E-state index in [4.69, 9.17) is 0 Å². The second-order valence-corrected chi connectivity index (χ2v) is 5.89. The minimum Gasteiger partial charge on any atom is -0.325 e. The number of para-hydroxylation sites is 1. The fourth-order valence-corrected chi connectivity index (χ4v) is 1.65. The average molecular weight is 248 g/mol. The maximum absolute atomic E-state index is 11.9. The normalized spacial score (nSPS) is 11.7. The van der Waals surface area contributed by atoms with Gasteiger partial charge in [-0.2, -0.15) is 0 Å². The quantitative estimate of drug-likeness (QED) is 0.859. The van der Waals surface area contributed by atoms with Crippen molar-refractivity contribution in [1.29, 1.82) is 0 Å². The molecule has 0 saturated carbocycles. The average Bonchev–Trinajstić information content (AvgIpc) is 2.26. The first-order valence-corrected chi connectivity index (χ1v) is 6.43. The van der Waals surface area contributed by atoms with Gasteiger partial charge in [-0.15, -0.1) is 0 Å². The van der Waals surface area contributed by atoms with Crippen molar-refractivity contribution < 1.29 is 4.79 Å². The van der Waals surface area contributed by atoms with Crippen LogP contribution >= 0.6 is 0 Å². The smallest absolute Gasteiger partial charge is 0.238 e. The highest BCUT2D eigenvalue weighted by atomic mass is 16.1. The van der Waals surface area contributed by atoms with Crippen molar-refractivity contribution in [2.75, 3.05) is 11.9 Å². The van der Waals surface area contributed by atoms with E-state index in [-0.39, 0.29) is 11.4 Å². The van der Waals surface area contributed by atoms with Crippen LogP contribution in [0.3, 0.4) is 0 Å². The highest BCUT2D eigenvalue weighted by molar-refractivity contribution is 5.93. The number of benzene rings is 1. The van der Waals surface area contributed by atoms with Crippen LogP contribution in [0.2, 0.25) is 0 Å². The predicted molar refractivity (Wildman–Crippen MR) is 76.9 cm³/mol. The number of carbonyl (C=O) groups is 1. The van der Waals surface area contributed by atoms with Gasteiger partial charge in [0.1, 0.15) is 0 Å². The van der Waals surface area contributed by atoms with Gasteiger partial charge >= 0.3 is 0 Å². The van der Waals surface area contributed by atoms with Gasteiger partial charge in [0.2, 0.25) is 5.91 Å². The van der Waals surface area contributed by atoms with Crippen LogP contribution < -0.4 is 10.6 Å². The standard InChI is InChI=1S/C15H24N2O/c1-11(2)12-8-6-7-9-13(12)17-14(18)10-16-15(3,4)5/h6-9,11,16H,10H2,1-5H3,(H,17,18). The lowest BCUT2D eigenvalue weighted by Gasteiger charge is -2.20. The molecule has 0 aliphatic carbocycles. The Balaban J connectivity index is 2.65. The third kappa shape index (κ3) is 4.88. The van der Waals surface area contributed by atoms with E-state index in [9.17, 15) is 4.79 Å². The zero-order valence-electron chi connectivity index (χ0n) is 12.0. The molecule has 0 bridgehead atoms. The van der Waals surface area contributed by atoms with Crippen LogP contribution in [0, 0.1) is 0 Å². The van der Waals surface area contributed by atoms with Crippen molar-refractivity contribution >= 4 is 11.6 Å². The van der Waals surface area contributed by atoms with Crippen molar-refractivity contribution in [3.05, 3.63) is 29.8 Å². The Morgan fingerprint density at radius 3 is 2.39 bits per heavy atom. The third-order valence-corrected chi connectivity index (χ3v) is 2.64. The molecule has 0 saturated heterocycles. The van der Waals surface area contributed by atoms with E-state index in [0.29, 0.717) is 12.5 Å². The van der Waals surface area contributed by atoms with Gasteiger partial charge in [0.25, 0.3) is 0 Å². The molecule has 0 radical (unpaired) electrons. The molecule has 0 aliphatic rings. The summed E-state index contributed by atoms with van der Waals surface area (Å²) < 4.78 is 0. The summed E-state index contributed by atoms with van der Waals surface area (Å²) in [6, 6.07) is 7.94. The van der Waals surface area contributed by atoms with Crippen molar-refractivity contribution in [2.24, 2.45) is 0 Å². The molecule has 3 heteroatoms. The molecule has 100 valence electrons. The first-order valence-electron chi connectivity index (χ1n) is 6.43. The fraction of sp³-hybridized carbons (Fsp3) is 0.533. The lowest BCUT2D eigenvalue weighted by Crippen LogP contribution is -2.41. The molecule has 0 spiro atoms. The van der Waals surface area contributed by atoms with E-state index in [1.807, 2.05) is 39.0 Å². The van der Waals surface area contributed by atoms with Crippen molar-refractivity contribution in [3.8, 4) is 0 Å². The second kappa shape index (κ2) is 6.01. The summed E-state index contributed by atoms with van der Waals surface area (Å²) in [6.45, 7) is 10.7. The molecule has 0 atom stereocenters. The lowest BCUT2D eigenvalue weighted by molar-refractivity contribution is -0.115. The summed E-state index contributed by atoms with van der Waals surface area (Å²) in [5.74, 6) is 0.398. The van der Waals surface area contributed by atoms with Crippen LogP contribution in [0.25, 0.3) is 0 Å². The molecule has 0 aliphatic heterocycles. The molecule has 3 nitrogen and oxygen atoms in total. The van der Waals surface area contributed by atoms with Crippen LogP contribution in [0.15, 0.2) is 24.3 Å². The molecular weight excluding hydrogens is 224 g/mol. The summed E-state index contributed by atoms with van der Waals surface area (Å²) in [5, 5.41) is 6.14. The Morgan fingerprint density at radius 2 is 1.83 bits per heavy atom. The molecule has 0 heterocycles. The molecule has 1 aromatic carbocycles. The molecule has 0 aromatic heterocycles. The van der Waals surface area contributed by atoms with Crippen LogP contribution in [0.4, 0.5) is 5.69 Å². The van der Waals surface area contributed by atoms with E-state index in [2.05, 4.69) is 30.5 Å². The van der Waals surface area contributed by atoms with Crippen molar-refractivity contribution in [1.82, 2.24) is 5.32 Å². The van der Waals surface area contributed by atoms with E-state index >= 15 is 0 Å². The van der Waals surface area contributed by atoms with Gasteiger partial charge in [0.05, 0.1) is 6.54 Å². The monoisotopic (exact) mass is 248 g/mol. The molecule has 2 N–H and O–H groups in total. The number of amides is 1. The van der Waals surface area contributed by atoms with Gasteiger partial charge in [0.15, 0.2) is 0 Å². The number of hydrogen-bond donors (Lipinski definition) is 2. The van der Waals surface area contributed by atoms with Crippen LogP contribution in [-0.4, -0.2) is 18.0 Å². The first kappa shape index (κ1) is 14.7. The van der Waals surface area contributed by atoms with Gasteiger partial charge in [-0.3, -0.25) is 4.79 Å². The van der Waals surface area contributed by atoms with E-state index < -0.39 is 0 Å². The summed E-state index contributed by atoms with van der Waals surface area (Å²) in [5.41, 5.74) is 2.03. The van der Waals surface area contributed by atoms with Gasteiger partial charge in [-0.25, -0.2) is 0 Å². The molecule has 18 heavy (non-hydrogen) atoms.